The van der Waals surface area contributed by atoms with Gasteiger partial charge in [-0.05, 0) is 46.6 Å². The highest BCUT2D eigenvalue weighted by Crippen LogP contribution is 2.20. The van der Waals surface area contributed by atoms with Crippen molar-refractivity contribution in [2.45, 2.75) is 57.7 Å². The van der Waals surface area contributed by atoms with Gasteiger partial charge in [-0.15, -0.1) is 0 Å². The molecule has 0 spiro atoms. The van der Waals surface area contributed by atoms with Crippen molar-refractivity contribution in [1.29, 1.82) is 0 Å². The molecular formula is C13H28N2O2. The lowest BCUT2D eigenvalue weighted by atomic mass is 9.93. The molecule has 0 bridgehead atoms. The van der Waals surface area contributed by atoms with Gasteiger partial charge in [-0.25, -0.2) is 0 Å². The lowest BCUT2D eigenvalue weighted by Gasteiger charge is -2.39. The number of ether oxygens (including phenoxy) is 1. The summed E-state index contributed by atoms with van der Waals surface area (Å²) in [4.78, 5) is 2.44. The molecule has 3 N–H and O–H groups in total. The highest BCUT2D eigenvalue weighted by Gasteiger charge is 2.28. The quantitative estimate of drug-likeness (QED) is 0.731. The average molecular weight is 244 g/mol. The normalized spacial score (nSPS) is 27.7. The van der Waals surface area contributed by atoms with Crippen LogP contribution < -0.4 is 5.73 Å². The number of hydrogen-bond acceptors (Lipinski definition) is 4. The van der Waals surface area contributed by atoms with Crippen molar-refractivity contribution in [3.05, 3.63) is 0 Å². The van der Waals surface area contributed by atoms with E-state index in [0.29, 0.717) is 12.1 Å². The molecule has 0 aromatic carbocycles. The van der Waals surface area contributed by atoms with Gasteiger partial charge in [0.1, 0.15) is 0 Å². The molecule has 17 heavy (non-hydrogen) atoms. The van der Waals surface area contributed by atoms with E-state index >= 15 is 0 Å². The lowest BCUT2D eigenvalue weighted by molar-refractivity contribution is -0.00977. The third-order valence-corrected chi connectivity index (χ3v) is 3.56. The maximum absolute atomic E-state index is 9.21. The first kappa shape index (κ1) is 14.9. The molecule has 1 rings (SSSR count). The van der Waals surface area contributed by atoms with Crippen LogP contribution in [0.5, 0.6) is 0 Å². The monoisotopic (exact) mass is 244 g/mol. The number of nitrogens with zero attached hydrogens (tertiary/aromatic N) is 1. The van der Waals surface area contributed by atoms with E-state index in [1.54, 1.807) is 0 Å². The van der Waals surface area contributed by atoms with Gasteiger partial charge in [-0.2, -0.15) is 0 Å². The first-order chi connectivity index (χ1) is 7.98. The fourth-order valence-electron chi connectivity index (χ4n) is 2.61. The molecule has 4 nitrogen and oxygen atoms in total. The summed E-state index contributed by atoms with van der Waals surface area (Å²) in [6.07, 6.45) is 3.55. The molecule has 0 aromatic heterocycles. The van der Waals surface area contributed by atoms with E-state index in [2.05, 4.69) is 11.8 Å². The summed E-state index contributed by atoms with van der Waals surface area (Å²) in [5, 5.41) is 9.21. The first-order valence-electron chi connectivity index (χ1n) is 6.74. The van der Waals surface area contributed by atoms with Gasteiger partial charge in [0.2, 0.25) is 0 Å². The largest absolute Gasteiger partial charge is 0.394 e. The molecular weight excluding hydrogens is 216 g/mol. The van der Waals surface area contributed by atoms with Crippen LogP contribution in [0.3, 0.4) is 0 Å². The smallest absolute Gasteiger partial charge is 0.0702 e. The van der Waals surface area contributed by atoms with Gasteiger partial charge in [0.15, 0.2) is 0 Å². The van der Waals surface area contributed by atoms with Crippen molar-refractivity contribution < 1.29 is 9.84 Å². The van der Waals surface area contributed by atoms with Crippen LogP contribution in [0.4, 0.5) is 0 Å². The molecule has 1 heterocycles. The topological polar surface area (TPSA) is 58.7 Å². The maximum atomic E-state index is 9.21. The summed E-state index contributed by atoms with van der Waals surface area (Å²) in [7, 11) is 0. The van der Waals surface area contributed by atoms with Gasteiger partial charge in [0.25, 0.3) is 0 Å². The van der Waals surface area contributed by atoms with Crippen LogP contribution in [0.15, 0.2) is 0 Å². The van der Waals surface area contributed by atoms with E-state index in [-0.39, 0.29) is 6.61 Å². The number of nitrogens with two attached hydrogens (primary N) is 1. The van der Waals surface area contributed by atoms with Gasteiger partial charge in [-0.1, -0.05) is 0 Å². The molecule has 1 saturated heterocycles. The Hall–Kier alpha value is -0.160. The summed E-state index contributed by atoms with van der Waals surface area (Å²) in [5.41, 5.74) is 5.53. The summed E-state index contributed by atoms with van der Waals surface area (Å²) < 4.78 is 5.70. The number of likely N-dealkylation sites (tertiary alicyclic amines) is 1. The highest BCUT2D eigenvalue weighted by molar-refractivity contribution is 4.86. The molecule has 1 aliphatic heterocycles. The molecule has 1 fully saturated rings. The van der Waals surface area contributed by atoms with Crippen molar-refractivity contribution in [2.75, 3.05) is 26.3 Å². The molecule has 4 heteroatoms. The van der Waals surface area contributed by atoms with E-state index in [1.807, 2.05) is 13.8 Å². The minimum absolute atomic E-state index is 0.0417. The Labute approximate surface area is 105 Å². The predicted octanol–water partition coefficient (Wildman–Crippen LogP) is 0.976. The number of aliphatic hydroxyl groups is 1. The third-order valence-electron chi connectivity index (χ3n) is 3.56. The Kier molecular flexibility index (Phi) is 5.86. The minimum Gasteiger partial charge on any atom is -0.394 e. The van der Waals surface area contributed by atoms with Crippen LogP contribution in [-0.2, 0) is 4.74 Å². The Bertz CT molecular complexity index is 219. The van der Waals surface area contributed by atoms with Crippen molar-refractivity contribution in [1.82, 2.24) is 4.90 Å². The fourth-order valence-corrected chi connectivity index (χ4v) is 2.61. The number of aliphatic hydroxyl groups excluding tert-OH is 1. The summed E-state index contributed by atoms with van der Waals surface area (Å²) in [6, 6.07) is 0.403. The Balaban J connectivity index is 2.43. The van der Waals surface area contributed by atoms with E-state index in [9.17, 15) is 5.11 Å². The van der Waals surface area contributed by atoms with E-state index < -0.39 is 5.54 Å². The Morgan fingerprint density at radius 3 is 2.88 bits per heavy atom. The molecule has 0 amide bonds. The molecule has 102 valence electrons. The van der Waals surface area contributed by atoms with Crippen LogP contribution in [-0.4, -0.2) is 54.0 Å². The molecule has 0 saturated carbocycles. The summed E-state index contributed by atoms with van der Waals surface area (Å²) in [5.74, 6) is 0. The third kappa shape index (κ3) is 4.92. The van der Waals surface area contributed by atoms with E-state index in [0.717, 1.165) is 32.5 Å². The van der Waals surface area contributed by atoms with Gasteiger partial charge in [0, 0.05) is 24.7 Å². The second-order valence-electron chi connectivity index (χ2n) is 5.58. The fraction of sp³-hybridized carbons (Fsp3) is 1.00. The Morgan fingerprint density at radius 2 is 2.29 bits per heavy atom. The molecule has 3 unspecified atom stereocenters. The van der Waals surface area contributed by atoms with E-state index in [1.165, 1.54) is 6.42 Å². The second-order valence-corrected chi connectivity index (χ2v) is 5.58. The van der Waals surface area contributed by atoms with Crippen molar-refractivity contribution in [2.24, 2.45) is 5.73 Å². The van der Waals surface area contributed by atoms with Gasteiger partial charge in [0.05, 0.1) is 12.7 Å². The number of piperidine rings is 1. The van der Waals surface area contributed by atoms with Crippen molar-refractivity contribution >= 4 is 0 Å². The molecule has 0 aliphatic carbocycles. The molecule has 3 atom stereocenters. The number of rotatable bonds is 6. The highest BCUT2D eigenvalue weighted by atomic mass is 16.5. The van der Waals surface area contributed by atoms with Gasteiger partial charge < -0.3 is 15.6 Å². The zero-order chi connectivity index (χ0) is 12.9. The van der Waals surface area contributed by atoms with Crippen LogP contribution >= 0.6 is 0 Å². The second kappa shape index (κ2) is 6.69. The van der Waals surface area contributed by atoms with Crippen molar-refractivity contribution in [3.63, 3.8) is 0 Å². The zero-order valence-electron chi connectivity index (χ0n) is 11.5. The van der Waals surface area contributed by atoms with Crippen LogP contribution in [0.2, 0.25) is 0 Å². The van der Waals surface area contributed by atoms with E-state index in [4.69, 9.17) is 10.5 Å². The SMILES string of the molecule is CCOC1CCCN(C(C)CC(C)(N)CO)C1. The molecule has 0 aromatic rings. The van der Waals surface area contributed by atoms with Crippen LogP contribution in [0.1, 0.15) is 40.0 Å². The van der Waals surface area contributed by atoms with Crippen LogP contribution in [0, 0.1) is 0 Å². The minimum atomic E-state index is -0.474. The zero-order valence-corrected chi connectivity index (χ0v) is 11.5. The average Bonchev–Trinajstić information content (AvgIpc) is 2.29. The van der Waals surface area contributed by atoms with Gasteiger partial charge in [-0.3, -0.25) is 4.90 Å². The number of hydrogen-bond donors (Lipinski definition) is 2. The van der Waals surface area contributed by atoms with Crippen LogP contribution in [0.25, 0.3) is 0 Å². The van der Waals surface area contributed by atoms with Crippen molar-refractivity contribution in [3.8, 4) is 0 Å². The maximum Gasteiger partial charge on any atom is 0.0702 e. The standard InChI is InChI=1S/C13H28N2O2/c1-4-17-12-6-5-7-15(9-12)11(2)8-13(3,14)10-16/h11-12,16H,4-10,14H2,1-3H3. The molecule has 0 radical (unpaired) electrons. The summed E-state index contributed by atoms with van der Waals surface area (Å²) in [6.45, 7) is 9.09. The lowest BCUT2D eigenvalue weighted by Crippen LogP contribution is -2.50. The first-order valence-corrected chi connectivity index (χ1v) is 6.74. The predicted molar refractivity (Wildman–Crippen MR) is 70.0 cm³/mol. The Morgan fingerprint density at radius 1 is 1.59 bits per heavy atom. The van der Waals surface area contributed by atoms with Gasteiger partial charge >= 0.3 is 0 Å². The summed E-state index contributed by atoms with van der Waals surface area (Å²) >= 11 is 0. The molecule has 1 aliphatic rings.